The predicted molar refractivity (Wildman–Crippen MR) is 117 cm³/mol. The van der Waals surface area contributed by atoms with Crippen LogP contribution in [0.5, 0.6) is 0 Å². The summed E-state index contributed by atoms with van der Waals surface area (Å²) in [5.41, 5.74) is 3.19. The fourth-order valence-corrected chi connectivity index (χ4v) is 3.21. The number of aryl methyl sites for hydroxylation is 1. The van der Waals surface area contributed by atoms with Crippen LogP contribution in [0.4, 0.5) is 5.69 Å². The van der Waals surface area contributed by atoms with Gasteiger partial charge in [-0.15, -0.1) is 0 Å². The van der Waals surface area contributed by atoms with Gasteiger partial charge in [-0.05, 0) is 54.8 Å². The molecule has 5 heteroatoms. The van der Waals surface area contributed by atoms with Crippen molar-refractivity contribution in [2.24, 2.45) is 0 Å². The molecular formula is C24H23ClN2O2. The minimum Gasteiger partial charge on any atom is -0.346 e. The van der Waals surface area contributed by atoms with Crippen molar-refractivity contribution in [3.8, 4) is 0 Å². The van der Waals surface area contributed by atoms with Gasteiger partial charge in [0, 0.05) is 22.7 Å². The van der Waals surface area contributed by atoms with Crippen molar-refractivity contribution in [3.05, 3.63) is 101 Å². The minimum atomic E-state index is -0.155. The highest BCUT2D eigenvalue weighted by molar-refractivity contribution is 6.31. The van der Waals surface area contributed by atoms with E-state index in [1.165, 1.54) is 0 Å². The van der Waals surface area contributed by atoms with E-state index in [1.807, 2.05) is 61.5 Å². The van der Waals surface area contributed by atoms with Gasteiger partial charge in [-0.3, -0.25) is 9.59 Å². The summed E-state index contributed by atoms with van der Waals surface area (Å²) < 4.78 is 0. The summed E-state index contributed by atoms with van der Waals surface area (Å²) in [6.45, 7) is 1.95. The Kier molecular flexibility index (Phi) is 7.04. The third-order valence-electron chi connectivity index (χ3n) is 4.66. The quantitative estimate of drug-likeness (QED) is 0.551. The highest BCUT2D eigenvalue weighted by atomic mass is 35.5. The third kappa shape index (κ3) is 5.93. The number of carbonyl (C=O) groups is 2. The lowest BCUT2D eigenvalue weighted by molar-refractivity contribution is -0.116. The second-order valence-electron chi connectivity index (χ2n) is 6.82. The molecule has 0 aromatic heterocycles. The number of nitrogens with one attached hydrogen (secondary N) is 2. The molecule has 1 unspecified atom stereocenters. The van der Waals surface area contributed by atoms with Gasteiger partial charge >= 0.3 is 0 Å². The first-order valence-corrected chi connectivity index (χ1v) is 9.90. The van der Waals surface area contributed by atoms with Crippen molar-refractivity contribution in [2.45, 2.75) is 25.8 Å². The van der Waals surface area contributed by atoms with Crippen LogP contribution in [0.1, 0.15) is 40.9 Å². The fraction of sp³-hybridized carbons (Fsp3) is 0.167. The van der Waals surface area contributed by atoms with Crippen molar-refractivity contribution >= 4 is 29.1 Å². The number of benzene rings is 3. The highest BCUT2D eigenvalue weighted by Gasteiger charge is 2.12. The summed E-state index contributed by atoms with van der Waals surface area (Å²) >= 11 is 6.12. The van der Waals surface area contributed by atoms with Gasteiger partial charge in [0.2, 0.25) is 5.91 Å². The second kappa shape index (κ2) is 9.89. The molecule has 0 radical (unpaired) electrons. The van der Waals surface area contributed by atoms with Gasteiger partial charge in [-0.25, -0.2) is 0 Å². The van der Waals surface area contributed by atoms with Gasteiger partial charge in [-0.2, -0.15) is 0 Å². The second-order valence-corrected chi connectivity index (χ2v) is 7.23. The molecule has 2 N–H and O–H groups in total. The zero-order valence-corrected chi connectivity index (χ0v) is 16.9. The molecular weight excluding hydrogens is 384 g/mol. The van der Waals surface area contributed by atoms with Crippen LogP contribution in [0, 0.1) is 0 Å². The molecule has 4 nitrogen and oxygen atoms in total. The van der Waals surface area contributed by atoms with Crippen molar-refractivity contribution in [3.63, 3.8) is 0 Å². The molecule has 0 spiro atoms. The van der Waals surface area contributed by atoms with E-state index in [-0.39, 0.29) is 17.9 Å². The summed E-state index contributed by atoms with van der Waals surface area (Å²) in [5, 5.41) is 6.50. The maximum atomic E-state index is 12.4. The molecule has 0 heterocycles. The maximum absolute atomic E-state index is 12.4. The molecule has 2 amide bonds. The molecule has 0 aliphatic rings. The minimum absolute atomic E-state index is 0.0899. The van der Waals surface area contributed by atoms with Crippen LogP contribution in [0.2, 0.25) is 5.02 Å². The molecule has 148 valence electrons. The van der Waals surface area contributed by atoms with Crippen LogP contribution in [-0.2, 0) is 11.2 Å². The van der Waals surface area contributed by atoms with Gasteiger partial charge in [0.05, 0.1) is 6.04 Å². The number of amides is 2. The van der Waals surface area contributed by atoms with E-state index in [2.05, 4.69) is 10.6 Å². The summed E-state index contributed by atoms with van der Waals surface area (Å²) in [6, 6.07) is 24.1. The van der Waals surface area contributed by atoms with Crippen LogP contribution < -0.4 is 10.6 Å². The van der Waals surface area contributed by atoms with E-state index in [1.54, 1.807) is 24.3 Å². The zero-order valence-electron chi connectivity index (χ0n) is 16.2. The monoisotopic (exact) mass is 406 g/mol. The van der Waals surface area contributed by atoms with Crippen molar-refractivity contribution < 1.29 is 9.59 Å². The lowest BCUT2D eigenvalue weighted by Gasteiger charge is -2.14. The Balaban J connectivity index is 1.52. The summed E-state index contributed by atoms with van der Waals surface area (Å²) in [4.78, 5) is 24.6. The summed E-state index contributed by atoms with van der Waals surface area (Å²) in [7, 11) is 0. The van der Waals surface area contributed by atoms with E-state index in [0.29, 0.717) is 29.1 Å². The molecule has 1 atom stereocenters. The number of halogens is 1. The molecule has 3 rings (SSSR count). The molecule has 0 fully saturated rings. The first-order chi connectivity index (χ1) is 14.0. The average Bonchev–Trinajstić information content (AvgIpc) is 2.74. The van der Waals surface area contributed by atoms with Gasteiger partial charge in [0.25, 0.3) is 5.91 Å². The van der Waals surface area contributed by atoms with Crippen LogP contribution in [0.25, 0.3) is 0 Å². The molecule has 0 bridgehead atoms. The molecule has 3 aromatic carbocycles. The first kappa shape index (κ1) is 20.6. The van der Waals surface area contributed by atoms with Crippen molar-refractivity contribution in [2.75, 3.05) is 5.32 Å². The van der Waals surface area contributed by atoms with Crippen molar-refractivity contribution in [1.29, 1.82) is 0 Å². The Labute approximate surface area is 175 Å². The van der Waals surface area contributed by atoms with Crippen LogP contribution in [-0.4, -0.2) is 11.8 Å². The normalized spacial score (nSPS) is 11.5. The fourth-order valence-electron chi connectivity index (χ4n) is 2.98. The Morgan fingerprint density at radius 3 is 2.24 bits per heavy atom. The standard InChI is InChI=1S/C24H23ClN2O2/c1-17(18-7-3-2-4-8-18)26-24(29)20-11-14-21(15-12-20)27-23(28)16-13-19-9-5-6-10-22(19)25/h2-12,14-15,17H,13,16H2,1H3,(H,26,29)(H,27,28). The lowest BCUT2D eigenvalue weighted by atomic mass is 10.1. The number of hydrogen-bond acceptors (Lipinski definition) is 2. The van der Waals surface area contributed by atoms with E-state index >= 15 is 0 Å². The number of hydrogen-bond donors (Lipinski definition) is 2. The third-order valence-corrected chi connectivity index (χ3v) is 5.03. The van der Waals surface area contributed by atoms with E-state index in [4.69, 9.17) is 11.6 Å². The summed E-state index contributed by atoms with van der Waals surface area (Å²) in [5.74, 6) is -0.252. The Morgan fingerprint density at radius 2 is 1.55 bits per heavy atom. The Morgan fingerprint density at radius 1 is 0.897 bits per heavy atom. The summed E-state index contributed by atoms with van der Waals surface area (Å²) in [6.07, 6.45) is 0.907. The SMILES string of the molecule is CC(NC(=O)c1ccc(NC(=O)CCc2ccccc2Cl)cc1)c1ccccc1. The molecule has 29 heavy (non-hydrogen) atoms. The van der Waals surface area contributed by atoms with E-state index in [0.717, 1.165) is 11.1 Å². The molecule has 0 aliphatic carbocycles. The molecule has 0 saturated carbocycles. The number of carbonyl (C=O) groups excluding carboxylic acids is 2. The molecule has 0 saturated heterocycles. The number of rotatable bonds is 7. The molecule has 0 aliphatic heterocycles. The Hall–Kier alpha value is -3.11. The molecule has 3 aromatic rings. The first-order valence-electron chi connectivity index (χ1n) is 9.52. The highest BCUT2D eigenvalue weighted by Crippen LogP contribution is 2.18. The van der Waals surface area contributed by atoms with Crippen molar-refractivity contribution in [1.82, 2.24) is 5.32 Å². The maximum Gasteiger partial charge on any atom is 0.251 e. The lowest BCUT2D eigenvalue weighted by Crippen LogP contribution is -2.26. The smallest absolute Gasteiger partial charge is 0.251 e. The van der Waals surface area contributed by atoms with E-state index in [9.17, 15) is 9.59 Å². The predicted octanol–water partition coefficient (Wildman–Crippen LogP) is 5.40. The average molecular weight is 407 g/mol. The number of anilines is 1. The van der Waals surface area contributed by atoms with E-state index < -0.39 is 0 Å². The van der Waals surface area contributed by atoms with Gasteiger partial charge in [0.15, 0.2) is 0 Å². The van der Waals surface area contributed by atoms with Gasteiger partial charge in [0.1, 0.15) is 0 Å². The Bertz CT molecular complexity index is 972. The van der Waals surface area contributed by atoms with Crippen LogP contribution in [0.3, 0.4) is 0 Å². The topological polar surface area (TPSA) is 58.2 Å². The largest absolute Gasteiger partial charge is 0.346 e. The van der Waals surface area contributed by atoms with Gasteiger partial charge < -0.3 is 10.6 Å². The zero-order chi connectivity index (χ0) is 20.6. The van der Waals surface area contributed by atoms with Gasteiger partial charge in [-0.1, -0.05) is 60.1 Å². The van der Waals surface area contributed by atoms with Crippen LogP contribution in [0.15, 0.2) is 78.9 Å². The van der Waals surface area contributed by atoms with Crippen LogP contribution >= 0.6 is 11.6 Å².